The molecule has 3 rings (SSSR count). The Hall–Kier alpha value is -3.09. The number of hydrogen-bond acceptors (Lipinski definition) is 7. The van der Waals surface area contributed by atoms with Crippen molar-refractivity contribution in [3.8, 4) is 28.7 Å². The van der Waals surface area contributed by atoms with Crippen molar-refractivity contribution in [3.05, 3.63) is 28.4 Å². The Morgan fingerprint density at radius 1 is 0.957 bits per heavy atom. The van der Waals surface area contributed by atoms with Gasteiger partial charge in [-0.3, -0.25) is 4.79 Å². The molecular weight excluding hydrogens is 304 g/mol. The third-order valence-corrected chi connectivity index (χ3v) is 3.60. The standard InChI is InChI=1S/C16H14O7/c1-20-7-4-5-8-9(6-7)23-14-10(11(8)17)12(18)15(21-2)16(22-3)13(14)19/h4-6,18-19H,1-3H3. The fourth-order valence-electron chi connectivity index (χ4n) is 2.49. The highest BCUT2D eigenvalue weighted by Gasteiger charge is 2.25. The first-order chi connectivity index (χ1) is 11.0. The van der Waals surface area contributed by atoms with Crippen molar-refractivity contribution >= 4 is 21.9 Å². The Labute approximate surface area is 130 Å². The number of benzene rings is 2. The smallest absolute Gasteiger partial charge is 0.211 e. The molecule has 0 saturated carbocycles. The van der Waals surface area contributed by atoms with Crippen molar-refractivity contribution in [2.45, 2.75) is 0 Å². The van der Waals surface area contributed by atoms with Crippen LogP contribution in [-0.4, -0.2) is 31.5 Å². The van der Waals surface area contributed by atoms with Crippen LogP contribution in [0.1, 0.15) is 0 Å². The topological polar surface area (TPSA) is 98.4 Å². The Bertz CT molecular complexity index is 972. The quantitative estimate of drug-likeness (QED) is 0.565. The summed E-state index contributed by atoms with van der Waals surface area (Å²) >= 11 is 0. The predicted octanol–water partition coefficient (Wildman–Crippen LogP) is 2.38. The lowest BCUT2D eigenvalue weighted by Crippen LogP contribution is -2.04. The van der Waals surface area contributed by atoms with E-state index in [1.165, 1.54) is 33.5 Å². The highest BCUT2D eigenvalue weighted by atomic mass is 16.5. The van der Waals surface area contributed by atoms with Gasteiger partial charge in [0, 0.05) is 6.07 Å². The molecule has 1 aromatic heterocycles. The lowest BCUT2D eigenvalue weighted by atomic mass is 10.1. The second-order valence-corrected chi connectivity index (χ2v) is 4.76. The van der Waals surface area contributed by atoms with Crippen molar-refractivity contribution in [1.82, 2.24) is 0 Å². The number of phenolic OH excluding ortho intramolecular Hbond substituents is 2. The molecule has 2 aromatic carbocycles. The minimum atomic E-state index is -0.502. The highest BCUT2D eigenvalue weighted by molar-refractivity contribution is 5.99. The summed E-state index contributed by atoms with van der Waals surface area (Å²) in [5, 5.41) is 20.7. The van der Waals surface area contributed by atoms with E-state index in [4.69, 9.17) is 18.6 Å². The molecule has 0 radical (unpaired) electrons. The van der Waals surface area contributed by atoms with Crippen molar-refractivity contribution in [3.63, 3.8) is 0 Å². The van der Waals surface area contributed by atoms with Crippen LogP contribution in [0.3, 0.4) is 0 Å². The Kier molecular flexibility index (Phi) is 3.40. The van der Waals surface area contributed by atoms with E-state index in [1.54, 1.807) is 6.07 Å². The Morgan fingerprint density at radius 3 is 2.22 bits per heavy atom. The minimum absolute atomic E-state index is 0.122. The molecule has 0 aliphatic rings. The molecule has 23 heavy (non-hydrogen) atoms. The number of methoxy groups -OCH3 is 3. The van der Waals surface area contributed by atoms with Crippen LogP contribution in [0.4, 0.5) is 0 Å². The van der Waals surface area contributed by atoms with Gasteiger partial charge in [-0.25, -0.2) is 0 Å². The molecule has 0 unspecified atom stereocenters. The van der Waals surface area contributed by atoms with Gasteiger partial charge in [-0.2, -0.15) is 0 Å². The minimum Gasteiger partial charge on any atom is -0.504 e. The number of aromatic hydroxyl groups is 2. The maximum absolute atomic E-state index is 12.7. The normalized spacial score (nSPS) is 10.9. The van der Waals surface area contributed by atoms with Crippen LogP contribution in [0.25, 0.3) is 21.9 Å². The molecule has 0 spiro atoms. The molecule has 0 atom stereocenters. The van der Waals surface area contributed by atoms with Gasteiger partial charge in [0.05, 0.1) is 26.7 Å². The summed E-state index contributed by atoms with van der Waals surface area (Å²) in [5.41, 5.74) is -0.479. The third kappa shape index (κ3) is 2.01. The zero-order valence-corrected chi connectivity index (χ0v) is 12.7. The first-order valence-electron chi connectivity index (χ1n) is 6.63. The van der Waals surface area contributed by atoms with Gasteiger partial charge < -0.3 is 28.8 Å². The number of ether oxygens (including phenoxy) is 3. The number of hydrogen-bond donors (Lipinski definition) is 2. The summed E-state index contributed by atoms with van der Waals surface area (Å²) in [5.74, 6) is -0.660. The molecule has 0 bridgehead atoms. The van der Waals surface area contributed by atoms with Gasteiger partial charge in [-0.05, 0) is 12.1 Å². The predicted molar refractivity (Wildman–Crippen MR) is 83.0 cm³/mol. The number of rotatable bonds is 3. The molecule has 7 heteroatoms. The average molecular weight is 318 g/mol. The van der Waals surface area contributed by atoms with E-state index >= 15 is 0 Å². The molecule has 1 heterocycles. The molecule has 7 nitrogen and oxygen atoms in total. The first-order valence-corrected chi connectivity index (χ1v) is 6.63. The lowest BCUT2D eigenvalue weighted by molar-refractivity contribution is 0.318. The second kappa shape index (κ2) is 5.28. The summed E-state index contributed by atoms with van der Waals surface area (Å²) in [6, 6.07) is 4.64. The summed E-state index contributed by atoms with van der Waals surface area (Å²) in [7, 11) is 4.07. The van der Waals surface area contributed by atoms with E-state index in [-0.39, 0.29) is 33.4 Å². The van der Waals surface area contributed by atoms with Crippen molar-refractivity contribution in [1.29, 1.82) is 0 Å². The van der Waals surface area contributed by atoms with Gasteiger partial charge in [0.1, 0.15) is 16.7 Å². The zero-order chi connectivity index (χ0) is 16.7. The van der Waals surface area contributed by atoms with Crippen LogP contribution < -0.4 is 19.6 Å². The molecule has 2 N–H and O–H groups in total. The maximum atomic E-state index is 12.7. The monoisotopic (exact) mass is 318 g/mol. The van der Waals surface area contributed by atoms with E-state index in [2.05, 4.69) is 0 Å². The van der Waals surface area contributed by atoms with Crippen LogP contribution in [-0.2, 0) is 0 Å². The van der Waals surface area contributed by atoms with Gasteiger partial charge in [0.15, 0.2) is 11.3 Å². The largest absolute Gasteiger partial charge is 0.504 e. The molecule has 3 aromatic rings. The molecule has 0 saturated heterocycles. The van der Waals surface area contributed by atoms with E-state index in [0.717, 1.165) is 0 Å². The van der Waals surface area contributed by atoms with Crippen LogP contribution >= 0.6 is 0 Å². The fourth-order valence-corrected chi connectivity index (χ4v) is 2.49. The highest BCUT2D eigenvalue weighted by Crippen LogP contribution is 2.49. The molecule has 0 amide bonds. The fraction of sp³-hybridized carbons (Fsp3) is 0.188. The van der Waals surface area contributed by atoms with Crippen molar-refractivity contribution < 1.29 is 28.8 Å². The van der Waals surface area contributed by atoms with Gasteiger partial charge in [0.25, 0.3) is 0 Å². The maximum Gasteiger partial charge on any atom is 0.211 e. The molecule has 0 aliphatic heterocycles. The lowest BCUT2D eigenvalue weighted by Gasteiger charge is -2.13. The van der Waals surface area contributed by atoms with Crippen LogP contribution in [0, 0.1) is 0 Å². The van der Waals surface area contributed by atoms with Crippen molar-refractivity contribution in [2.75, 3.05) is 21.3 Å². The molecule has 0 fully saturated rings. The van der Waals surface area contributed by atoms with Crippen molar-refractivity contribution in [2.24, 2.45) is 0 Å². The zero-order valence-electron chi connectivity index (χ0n) is 12.7. The average Bonchev–Trinajstić information content (AvgIpc) is 2.56. The first kappa shape index (κ1) is 14.8. The summed E-state index contributed by atoms with van der Waals surface area (Å²) in [4.78, 5) is 12.7. The van der Waals surface area contributed by atoms with E-state index in [1.807, 2.05) is 0 Å². The number of phenols is 2. The van der Waals surface area contributed by atoms with Crippen LogP contribution in [0.2, 0.25) is 0 Å². The second-order valence-electron chi connectivity index (χ2n) is 4.76. The summed E-state index contributed by atoms with van der Waals surface area (Å²) in [6.45, 7) is 0. The van der Waals surface area contributed by atoms with Gasteiger partial charge >= 0.3 is 0 Å². The molecular formula is C16H14O7. The van der Waals surface area contributed by atoms with Gasteiger partial charge in [0.2, 0.25) is 22.7 Å². The summed E-state index contributed by atoms with van der Waals surface area (Å²) in [6.07, 6.45) is 0. The van der Waals surface area contributed by atoms with E-state index in [9.17, 15) is 15.0 Å². The van der Waals surface area contributed by atoms with E-state index in [0.29, 0.717) is 5.75 Å². The van der Waals surface area contributed by atoms with Gasteiger partial charge in [-0.1, -0.05) is 0 Å². The summed E-state index contributed by atoms with van der Waals surface area (Å²) < 4.78 is 20.7. The SMILES string of the molecule is COc1ccc2c(=O)c3c(O)c(OC)c(OC)c(O)c3oc2c1. The van der Waals surface area contributed by atoms with Crippen LogP contribution in [0.5, 0.6) is 28.7 Å². The van der Waals surface area contributed by atoms with Crippen LogP contribution in [0.15, 0.2) is 27.4 Å². The van der Waals surface area contributed by atoms with E-state index < -0.39 is 16.9 Å². The van der Waals surface area contributed by atoms with Gasteiger partial charge in [-0.15, -0.1) is 0 Å². The molecule has 120 valence electrons. The molecule has 0 aliphatic carbocycles. The third-order valence-electron chi connectivity index (χ3n) is 3.60. The Balaban J connectivity index is 2.56. The Morgan fingerprint density at radius 2 is 1.61 bits per heavy atom. The number of fused-ring (bicyclic) bond motifs is 2.